The van der Waals surface area contributed by atoms with Gasteiger partial charge in [-0.15, -0.1) is 11.3 Å². The number of thiophene rings is 1. The Morgan fingerprint density at radius 1 is 1.10 bits per heavy atom. The molecule has 1 N–H and O–H groups in total. The summed E-state index contributed by atoms with van der Waals surface area (Å²) >= 11 is 7.64. The van der Waals surface area contributed by atoms with E-state index in [2.05, 4.69) is 26.1 Å². The van der Waals surface area contributed by atoms with Gasteiger partial charge < -0.3 is 10.1 Å². The van der Waals surface area contributed by atoms with Crippen LogP contribution in [0, 0.1) is 17.2 Å². The van der Waals surface area contributed by atoms with E-state index < -0.39 is 0 Å². The third-order valence-electron chi connectivity index (χ3n) is 7.36. The highest BCUT2D eigenvalue weighted by atomic mass is 35.5. The van der Waals surface area contributed by atoms with Crippen LogP contribution in [-0.2, 0) is 19.4 Å². The van der Waals surface area contributed by atoms with Crippen molar-refractivity contribution in [1.82, 2.24) is 0 Å². The molecule has 0 unspecified atom stereocenters. The second-order valence-electron chi connectivity index (χ2n) is 11.2. The highest BCUT2D eigenvalue weighted by Crippen LogP contribution is 2.45. The predicted molar refractivity (Wildman–Crippen MR) is 163 cm³/mol. The maximum absolute atomic E-state index is 13.9. The van der Waals surface area contributed by atoms with Gasteiger partial charge in [0.05, 0.1) is 5.56 Å². The maximum atomic E-state index is 13.9. The van der Waals surface area contributed by atoms with Gasteiger partial charge in [0.25, 0.3) is 5.91 Å². The standard InChI is InChI=1S/C33H32ClFN2O2S/c1-33(2,3)23-10-17-27-29(18-23)40-32(30(27)31(38)37-25-13-11-24(34)12-14-25)36-19-21-8-15-26(16-9-21)39-20-22-6-4-5-7-28(22)35/h4-9,11-16,19,23H,10,17-18,20H2,1-3H3,(H,37,38)/t23-/m0/s1. The number of hydrogen-bond donors (Lipinski definition) is 1. The monoisotopic (exact) mass is 574 g/mol. The molecule has 4 nitrogen and oxygen atoms in total. The number of fused-ring (bicyclic) bond motifs is 1. The molecule has 0 spiro atoms. The molecule has 0 bridgehead atoms. The fourth-order valence-corrected chi connectivity index (χ4v) is 6.32. The van der Waals surface area contributed by atoms with E-state index in [1.54, 1.807) is 60.0 Å². The Kier molecular flexibility index (Phi) is 8.38. The van der Waals surface area contributed by atoms with Crippen molar-refractivity contribution in [2.45, 2.75) is 46.6 Å². The molecule has 0 saturated carbocycles. The molecular weight excluding hydrogens is 543 g/mol. The zero-order valence-electron chi connectivity index (χ0n) is 22.8. The molecule has 1 aliphatic rings. The van der Waals surface area contributed by atoms with E-state index in [9.17, 15) is 9.18 Å². The number of anilines is 1. The van der Waals surface area contributed by atoms with Crippen LogP contribution >= 0.6 is 22.9 Å². The molecule has 4 aromatic rings. The van der Waals surface area contributed by atoms with Gasteiger partial charge >= 0.3 is 0 Å². The predicted octanol–water partition coefficient (Wildman–Crippen LogP) is 9.27. The maximum Gasteiger partial charge on any atom is 0.259 e. The van der Waals surface area contributed by atoms with Crippen LogP contribution in [0.15, 0.2) is 77.8 Å². The molecule has 0 fully saturated rings. The number of amides is 1. The number of benzene rings is 3. The molecule has 206 valence electrons. The lowest BCUT2D eigenvalue weighted by Crippen LogP contribution is -2.27. The summed E-state index contributed by atoms with van der Waals surface area (Å²) in [4.78, 5) is 19.6. The number of carbonyl (C=O) groups is 1. The molecule has 5 rings (SSSR count). The van der Waals surface area contributed by atoms with E-state index in [4.69, 9.17) is 21.3 Å². The Bertz CT molecular complexity index is 1520. The smallest absolute Gasteiger partial charge is 0.259 e. The van der Waals surface area contributed by atoms with Crippen LogP contribution in [0.5, 0.6) is 5.75 Å². The van der Waals surface area contributed by atoms with Gasteiger partial charge in [-0.05, 0) is 96.3 Å². The van der Waals surface area contributed by atoms with E-state index in [-0.39, 0.29) is 23.7 Å². The first-order chi connectivity index (χ1) is 19.2. The average Bonchev–Trinajstić information content (AvgIpc) is 3.31. The van der Waals surface area contributed by atoms with E-state index >= 15 is 0 Å². The normalized spacial score (nSPS) is 15.2. The number of rotatable bonds is 7. The topological polar surface area (TPSA) is 50.7 Å². The molecule has 1 aliphatic carbocycles. The Balaban J connectivity index is 1.37. The summed E-state index contributed by atoms with van der Waals surface area (Å²) in [5, 5.41) is 4.36. The van der Waals surface area contributed by atoms with Gasteiger partial charge in [-0.1, -0.05) is 50.6 Å². The summed E-state index contributed by atoms with van der Waals surface area (Å²) in [5.41, 5.74) is 4.05. The van der Waals surface area contributed by atoms with E-state index in [1.807, 2.05) is 24.3 Å². The summed E-state index contributed by atoms with van der Waals surface area (Å²) in [5.74, 6) is 0.760. The number of halogens is 2. The zero-order valence-corrected chi connectivity index (χ0v) is 24.4. The SMILES string of the molecule is CC(C)(C)[C@H]1CCc2c(sc(N=Cc3ccc(OCc4ccccc4F)cc3)c2C(=O)Nc2ccc(Cl)cc2)C1. The lowest BCUT2D eigenvalue weighted by atomic mass is 9.72. The molecule has 1 amide bonds. The van der Waals surface area contributed by atoms with Gasteiger partial charge in [0.1, 0.15) is 23.2 Å². The molecule has 40 heavy (non-hydrogen) atoms. The lowest BCUT2D eigenvalue weighted by molar-refractivity contribution is 0.102. The first kappa shape index (κ1) is 28.1. The summed E-state index contributed by atoms with van der Waals surface area (Å²) < 4.78 is 19.6. The number of aliphatic imine (C=N–C) groups is 1. The fraction of sp³-hybridized carbons (Fsp3) is 0.273. The molecule has 3 aromatic carbocycles. The first-order valence-corrected chi connectivity index (χ1v) is 14.6. The van der Waals surface area contributed by atoms with Crippen molar-refractivity contribution in [2.75, 3.05) is 5.32 Å². The van der Waals surface area contributed by atoms with Gasteiger partial charge in [-0.3, -0.25) is 4.79 Å². The van der Waals surface area contributed by atoms with Crippen molar-refractivity contribution < 1.29 is 13.9 Å². The Morgan fingerprint density at radius 2 is 1.82 bits per heavy atom. The first-order valence-electron chi connectivity index (χ1n) is 13.4. The average molecular weight is 575 g/mol. The Morgan fingerprint density at radius 3 is 2.52 bits per heavy atom. The van der Waals surface area contributed by atoms with Gasteiger partial charge in [-0.25, -0.2) is 9.38 Å². The molecule has 0 saturated heterocycles. The number of nitrogens with one attached hydrogen (secondary N) is 1. The highest BCUT2D eigenvalue weighted by Gasteiger charge is 2.33. The minimum Gasteiger partial charge on any atom is -0.489 e. The van der Waals surface area contributed by atoms with Crippen molar-refractivity contribution in [2.24, 2.45) is 16.3 Å². The van der Waals surface area contributed by atoms with Crippen LogP contribution in [0.1, 0.15) is 59.1 Å². The molecule has 1 aromatic heterocycles. The molecule has 0 aliphatic heterocycles. The van der Waals surface area contributed by atoms with Gasteiger partial charge in [-0.2, -0.15) is 0 Å². The van der Waals surface area contributed by atoms with Crippen LogP contribution in [-0.4, -0.2) is 12.1 Å². The van der Waals surface area contributed by atoms with E-state index in [1.165, 1.54) is 10.9 Å². The summed E-state index contributed by atoms with van der Waals surface area (Å²) in [6.45, 7) is 7.01. The van der Waals surface area contributed by atoms with Crippen molar-refractivity contribution in [3.63, 3.8) is 0 Å². The van der Waals surface area contributed by atoms with E-state index in [0.717, 1.165) is 30.4 Å². The van der Waals surface area contributed by atoms with Crippen LogP contribution in [0.2, 0.25) is 5.02 Å². The zero-order chi connectivity index (χ0) is 28.3. The van der Waals surface area contributed by atoms with Crippen LogP contribution in [0.4, 0.5) is 15.1 Å². The van der Waals surface area contributed by atoms with Crippen molar-refractivity contribution in [3.05, 3.63) is 111 Å². The fourth-order valence-electron chi connectivity index (χ4n) is 4.92. The van der Waals surface area contributed by atoms with Crippen molar-refractivity contribution >= 4 is 45.7 Å². The quantitative estimate of drug-likeness (QED) is 0.224. The minimum atomic E-state index is -0.283. The minimum absolute atomic E-state index is 0.155. The summed E-state index contributed by atoms with van der Waals surface area (Å²) in [6, 6.07) is 21.2. The number of ether oxygens (including phenoxy) is 1. The van der Waals surface area contributed by atoms with Crippen molar-refractivity contribution in [3.8, 4) is 5.75 Å². The van der Waals surface area contributed by atoms with E-state index in [0.29, 0.717) is 38.5 Å². The molecular formula is C33H32ClFN2O2S. The van der Waals surface area contributed by atoms with Crippen LogP contribution < -0.4 is 10.1 Å². The van der Waals surface area contributed by atoms with Crippen LogP contribution in [0.3, 0.4) is 0 Å². The number of carbonyl (C=O) groups excluding carboxylic acids is 1. The van der Waals surface area contributed by atoms with Gasteiger partial charge in [0, 0.05) is 27.4 Å². The summed E-state index contributed by atoms with van der Waals surface area (Å²) in [6.07, 6.45) is 4.64. The Labute approximate surface area is 243 Å². The van der Waals surface area contributed by atoms with Gasteiger partial charge in [0.2, 0.25) is 0 Å². The third-order valence-corrected chi connectivity index (χ3v) is 8.78. The second-order valence-corrected chi connectivity index (χ2v) is 12.7. The summed E-state index contributed by atoms with van der Waals surface area (Å²) in [7, 11) is 0. The highest BCUT2D eigenvalue weighted by molar-refractivity contribution is 7.16. The molecule has 1 heterocycles. The largest absolute Gasteiger partial charge is 0.489 e. The van der Waals surface area contributed by atoms with Crippen LogP contribution in [0.25, 0.3) is 0 Å². The molecule has 7 heteroatoms. The van der Waals surface area contributed by atoms with Gasteiger partial charge in [0.15, 0.2) is 0 Å². The second kappa shape index (κ2) is 11.9. The number of hydrogen-bond acceptors (Lipinski definition) is 4. The van der Waals surface area contributed by atoms with Crippen molar-refractivity contribution in [1.29, 1.82) is 0 Å². The molecule has 1 atom stereocenters. The number of nitrogens with zero attached hydrogens (tertiary/aromatic N) is 1. The Hall–Kier alpha value is -3.48. The lowest BCUT2D eigenvalue weighted by Gasteiger charge is -2.33. The third kappa shape index (κ3) is 6.62. The molecule has 0 radical (unpaired) electrons.